The van der Waals surface area contributed by atoms with Crippen molar-refractivity contribution in [3.8, 4) is 0 Å². The molecule has 0 spiro atoms. The molecular formula is C15H23NO4S. The highest BCUT2D eigenvalue weighted by molar-refractivity contribution is 7.89. The van der Waals surface area contributed by atoms with Gasteiger partial charge in [0.05, 0.1) is 17.6 Å². The van der Waals surface area contributed by atoms with Crippen LogP contribution in [0.25, 0.3) is 0 Å². The Morgan fingerprint density at radius 2 is 1.67 bits per heavy atom. The molecule has 0 atom stereocenters. The van der Waals surface area contributed by atoms with E-state index in [2.05, 4.69) is 9.46 Å². The number of rotatable bonds is 7. The first kappa shape index (κ1) is 17.7. The van der Waals surface area contributed by atoms with Gasteiger partial charge in [-0.15, -0.1) is 0 Å². The molecule has 1 N–H and O–H groups in total. The van der Waals surface area contributed by atoms with Gasteiger partial charge in [-0.05, 0) is 31.4 Å². The smallest absolute Gasteiger partial charge is 0.339 e. The summed E-state index contributed by atoms with van der Waals surface area (Å²) >= 11 is 0. The van der Waals surface area contributed by atoms with Gasteiger partial charge in [0.1, 0.15) is 0 Å². The molecular weight excluding hydrogens is 290 g/mol. The predicted octanol–water partition coefficient (Wildman–Crippen LogP) is 2.72. The lowest BCUT2D eigenvalue weighted by Crippen LogP contribution is -2.47. The van der Waals surface area contributed by atoms with Crippen molar-refractivity contribution in [1.82, 2.24) is 4.72 Å². The molecule has 0 radical (unpaired) electrons. The summed E-state index contributed by atoms with van der Waals surface area (Å²) in [6.45, 7) is 5.84. The molecule has 0 heterocycles. The lowest BCUT2D eigenvalue weighted by Gasteiger charge is -2.31. The molecule has 0 saturated carbocycles. The van der Waals surface area contributed by atoms with Gasteiger partial charge in [0, 0.05) is 5.54 Å². The molecule has 0 amide bonds. The van der Waals surface area contributed by atoms with Crippen LogP contribution in [-0.2, 0) is 14.8 Å². The first-order valence-electron chi connectivity index (χ1n) is 7.07. The molecule has 0 bridgehead atoms. The molecule has 1 aromatic rings. The van der Waals surface area contributed by atoms with Gasteiger partial charge in [-0.25, -0.2) is 17.9 Å². The fraction of sp³-hybridized carbons (Fsp3) is 0.533. The average Bonchev–Trinajstić information content (AvgIpc) is 2.52. The summed E-state index contributed by atoms with van der Waals surface area (Å²) in [5, 5.41) is 0. The van der Waals surface area contributed by atoms with Gasteiger partial charge >= 0.3 is 5.97 Å². The van der Waals surface area contributed by atoms with E-state index in [9.17, 15) is 13.2 Å². The van der Waals surface area contributed by atoms with Crippen LogP contribution in [0, 0.1) is 0 Å². The monoisotopic (exact) mass is 313 g/mol. The van der Waals surface area contributed by atoms with Crippen LogP contribution in [0.1, 0.15) is 50.4 Å². The summed E-state index contributed by atoms with van der Waals surface area (Å²) in [7, 11) is -2.56. The average molecular weight is 313 g/mol. The van der Waals surface area contributed by atoms with Gasteiger partial charge in [0.25, 0.3) is 0 Å². The van der Waals surface area contributed by atoms with Gasteiger partial charge in [-0.3, -0.25) is 0 Å². The number of carbonyl (C=O) groups is 1. The molecule has 0 unspecified atom stereocenters. The van der Waals surface area contributed by atoms with E-state index in [0.717, 1.165) is 0 Å². The molecule has 1 rings (SSSR count). The minimum Gasteiger partial charge on any atom is -0.465 e. The lowest BCUT2D eigenvalue weighted by molar-refractivity contribution is 0.0596. The maximum Gasteiger partial charge on any atom is 0.339 e. The van der Waals surface area contributed by atoms with E-state index in [4.69, 9.17) is 0 Å². The Morgan fingerprint density at radius 1 is 1.14 bits per heavy atom. The van der Waals surface area contributed by atoms with Crippen molar-refractivity contribution in [2.75, 3.05) is 7.11 Å². The molecule has 0 fully saturated rings. The summed E-state index contributed by atoms with van der Waals surface area (Å²) in [5.41, 5.74) is -0.452. The number of carbonyl (C=O) groups excluding carboxylic acids is 1. The highest BCUT2D eigenvalue weighted by Crippen LogP contribution is 2.24. The quantitative estimate of drug-likeness (QED) is 0.786. The highest BCUT2D eigenvalue weighted by atomic mass is 32.2. The predicted molar refractivity (Wildman–Crippen MR) is 81.7 cm³/mol. The molecule has 0 aliphatic rings. The van der Waals surface area contributed by atoms with Crippen molar-refractivity contribution in [3.05, 3.63) is 29.8 Å². The second-order valence-corrected chi connectivity index (χ2v) is 6.59. The molecule has 1 aromatic carbocycles. The molecule has 0 aliphatic carbocycles. The topological polar surface area (TPSA) is 72.5 Å². The van der Waals surface area contributed by atoms with Gasteiger partial charge in [0.2, 0.25) is 10.0 Å². The van der Waals surface area contributed by atoms with Crippen LogP contribution in [0.15, 0.2) is 29.2 Å². The van der Waals surface area contributed by atoms with Crippen molar-refractivity contribution in [2.24, 2.45) is 0 Å². The van der Waals surface area contributed by atoms with E-state index < -0.39 is 21.5 Å². The van der Waals surface area contributed by atoms with Gasteiger partial charge in [0.15, 0.2) is 0 Å². The fourth-order valence-electron chi connectivity index (χ4n) is 2.29. The molecule has 6 heteroatoms. The standard InChI is InChI=1S/C15H23NO4S/c1-5-15(6-2,7-3)16-21(18,19)13-11-9-8-10-12(13)14(17)20-4/h8-11,16H,5-7H2,1-4H3. The fourth-order valence-corrected chi connectivity index (χ4v) is 4.10. The van der Waals surface area contributed by atoms with Gasteiger partial charge in [-0.1, -0.05) is 32.9 Å². The Balaban J connectivity index is 3.29. The van der Waals surface area contributed by atoms with Crippen molar-refractivity contribution < 1.29 is 17.9 Å². The first-order chi connectivity index (χ1) is 9.85. The highest BCUT2D eigenvalue weighted by Gasteiger charge is 2.32. The normalized spacial score (nSPS) is 12.2. The lowest BCUT2D eigenvalue weighted by atomic mass is 9.91. The minimum atomic E-state index is -3.79. The van der Waals surface area contributed by atoms with Crippen LogP contribution in [0.2, 0.25) is 0 Å². The number of ether oxygens (including phenoxy) is 1. The van der Waals surface area contributed by atoms with Gasteiger partial charge < -0.3 is 4.74 Å². The minimum absolute atomic E-state index is 0.0448. The number of sulfonamides is 1. The number of benzene rings is 1. The van der Waals surface area contributed by atoms with Crippen molar-refractivity contribution in [2.45, 2.75) is 50.5 Å². The SMILES string of the molecule is CCC(CC)(CC)NS(=O)(=O)c1ccccc1C(=O)OC. The summed E-state index contributed by atoms with van der Waals surface area (Å²) in [6.07, 6.45) is 2.04. The number of hydrogen-bond acceptors (Lipinski definition) is 4. The Labute approximate surface area is 126 Å². The zero-order valence-electron chi connectivity index (χ0n) is 13.0. The maximum atomic E-state index is 12.6. The van der Waals surface area contributed by atoms with E-state index in [-0.39, 0.29) is 10.5 Å². The number of esters is 1. The molecule has 5 nitrogen and oxygen atoms in total. The van der Waals surface area contributed by atoms with Crippen LogP contribution in [0.4, 0.5) is 0 Å². The first-order valence-corrected chi connectivity index (χ1v) is 8.55. The van der Waals surface area contributed by atoms with Crippen molar-refractivity contribution >= 4 is 16.0 Å². The van der Waals surface area contributed by atoms with E-state index in [1.54, 1.807) is 12.1 Å². The van der Waals surface area contributed by atoms with Crippen LogP contribution >= 0.6 is 0 Å². The number of nitrogens with one attached hydrogen (secondary N) is 1. The Morgan fingerprint density at radius 3 is 2.14 bits per heavy atom. The third kappa shape index (κ3) is 3.83. The zero-order valence-corrected chi connectivity index (χ0v) is 13.8. The molecule has 0 aromatic heterocycles. The second-order valence-electron chi connectivity index (χ2n) is 4.93. The number of hydrogen-bond donors (Lipinski definition) is 1. The van der Waals surface area contributed by atoms with E-state index >= 15 is 0 Å². The van der Waals surface area contributed by atoms with Crippen molar-refractivity contribution in [1.29, 1.82) is 0 Å². The van der Waals surface area contributed by atoms with Crippen molar-refractivity contribution in [3.63, 3.8) is 0 Å². The second kappa shape index (κ2) is 7.04. The summed E-state index contributed by atoms with van der Waals surface area (Å²) < 4.78 is 32.7. The van der Waals surface area contributed by atoms with Crippen LogP contribution in [0.5, 0.6) is 0 Å². The molecule has 0 aliphatic heterocycles. The Hall–Kier alpha value is -1.40. The third-order valence-electron chi connectivity index (χ3n) is 3.96. The van der Waals surface area contributed by atoms with Gasteiger partial charge in [-0.2, -0.15) is 0 Å². The van der Waals surface area contributed by atoms with Crippen LogP contribution < -0.4 is 4.72 Å². The van der Waals surface area contributed by atoms with Crippen LogP contribution in [-0.4, -0.2) is 27.0 Å². The van der Waals surface area contributed by atoms with E-state index in [1.165, 1.54) is 19.2 Å². The summed E-state index contributed by atoms with van der Waals surface area (Å²) in [4.78, 5) is 11.7. The van der Waals surface area contributed by atoms with E-state index in [1.807, 2.05) is 20.8 Å². The molecule has 0 saturated heterocycles. The molecule has 21 heavy (non-hydrogen) atoms. The molecule has 118 valence electrons. The Bertz CT molecular complexity index is 583. The van der Waals surface area contributed by atoms with E-state index in [0.29, 0.717) is 19.3 Å². The van der Waals surface area contributed by atoms with Crippen LogP contribution in [0.3, 0.4) is 0 Å². The number of methoxy groups -OCH3 is 1. The maximum absolute atomic E-state index is 12.6. The zero-order chi connectivity index (χ0) is 16.1. The summed E-state index contributed by atoms with van der Waals surface area (Å²) in [6, 6.07) is 6.07. The third-order valence-corrected chi connectivity index (χ3v) is 5.60. The summed E-state index contributed by atoms with van der Waals surface area (Å²) in [5.74, 6) is -0.661. The Kier molecular flexibility index (Phi) is 5.92. The largest absolute Gasteiger partial charge is 0.465 e.